The molecule has 26 heavy (non-hydrogen) atoms. The van der Waals surface area contributed by atoms with E-state index in [4.69, 9.17) is 0 Å². The monoisotopic (exact) mass is 373 g/mol. The number of carbonyl (C=O) groups is 1. The van der Waals surface area contributed by atoms with E-state index in [2.05, 4.69) is 20.4 Å². The number of hydrogen-bond donors (Lipinski definition) is 1. The molecule has 7 heteroatoms. The molecule has 2 aromatic heterocycles. The lowest BCUT2D eigenvalue weighted by atomic mass is 9.95. The van der Waals surface area contributed by atoms with Gasteiger partial charge in [0.2, 0.25) is 16.2 Å². The minimum atomic E-state index is 0.145. The fourth-order valence-electron chi connectivity index (χ4n) is 3.98. The second-order valence-corrected chi connectivity index (χ2v) is 8.35. The van der Waals surface area contributed by atoms with E-state index < -0.39 is 0 Å². The van der Waals surface area contributed by atoms with Gasteiger partial charge in [0.05, 0.1) is 0 Å². The van der Waals surface area contributed by atoms with Crippen molar-refractivity contribution in [3.05, 3.63) is 24.5 Å². The van der Waals surface area contributed by atoms with Crippen molar-refractivity contribution in [3.63, 3.8) is 0 Å². The van der Waals surface area contributed by atoms with Crippen molar-refractivity contribution in [2.75, 3.05) is 18.0 Å². The molecule has 1 aliphatic heterocycles. The summed E-state index contributed by atoms with van der Waals surface area (Å²) in [7, 11) is 0. The molecule has 2 aromatic rings. The number of amides is 1. The standard InChI is InChI=1S/C19H27N5OS/c25-17(20-16-7-3-1-2-4-8-16)15-9-13-24(14-10-15)19-22-21-18(26-19)23-11-5-6-12-23/h5-6,11-12,15-16H,1-4,7-10,13-14H2,(H,20,25). The highest BCUT2D eigenvalue weighted by atomic mass is 32.1. The summed E-state index contributed by atoms with van der Waals surface area (Å²) in [5.41, 5.74) is 0. The van der Waals surface area contributed by atoms with Gasteiger partial charge in [0.15, 0.2) is 0 Å². The van der Waals surface area contributed by atoms with E-state index in [-0.39, 0.29) is 11.8 Å². The van der Waals surface area contributed by atoms with Gasteiger partial charge in [-0.05, 0) is 37.8 Å². The van der Waals surface area contributed by atoms with Gasteiger partial charge in [-0.25, -0.2) is 0 Å². The van der Waals surface area contributed by atoms with Crippen molar-refractivity contribution < 1.29 is 4.79 Å². The molecule has 0 bridgehead atoms. The summed E-state index contributed by atoms with van der Waals surface area (Å²) >= 11 is 1.60. The predicted molar refractivity (Wildman–Crippen MR) is 104 cm³/mol. The quantitative estimate of drug-likeness (QED) is 0.835. The third-order valence-corrected chi connectivity index (χ3v) is 6.56. The van der Waals surface area contributed by atoms with Gasteiger partial charge in [0.25, 0.3) is 0 Å². The number of hydrogen-bond acceptors (Lipinski definition) is 5. The molecule has 0 atom stereocenters. The molecular weight excluding hydrogens is 346 g/mol. The second-order valence-electron chi connectivity index (χ2n) is 7.42. The Bertz CT molecular complexity index is 697. The lowest BCUT2D eigenvalue weighted by Gasteiger charge is -2.31. The van der Waals surface area contributed by atoms with Crippen molar-refractivity contribution in [2.45, 2.75) is 57.4 Å². The number of rotatable bonds is 4. The topological polar surface area (TPSA) is 63.1 Å². The average Bonchev–Trinajstić information content (AvgIpc) is 3.30. The number of carbonyl (C=O) groups excluding carboxylic acids is 1. The van der Waals surface area contributed by atoms with Crippen LogP contribution in [0.3, 0.4) is 0 Å². The summed E-state index contributed by atoms with van der Waals surface area (Å²) in [5, 5.41) is 13.8. The van der Waals surface area contributed by atoms with Crippen LogP contribution in [-0.4, -0.2) is 39.8 Å². The first-order valence-corrected chi connectivity index (χ1v) is 10.6. The highest BCUT2D eigenvalue weighted by Crippen LogP contribution is 2.28. The van der Waals surface area contributed by atoms with Gasteiger partial charge in [-0.15, -0.1) is 10.2 Å². The third-order valence-electron chi connectivity index (χ3n) is 5.57. The Hall–Kier alpha value is -1.89. The molecule has 1 saturated heterocycles. The van der Waals surface area contributed by atoms with Crippen molar-refractivity contribution in [1.29, 1.82) is 0 Å². The highest BCUT2D eigenvalue weighted by molar-refractivity contribution is 7.17. The molecule has 3 heterocycles. The van der Waals surface area contributed by atoms with Crippen molar-refractivity contribution in [2.24, 2.45) is 5.92 Å². The first-order chi connectivity index (χ1) is 12.8. The van der Waals surface area contributed by atoms with Crippen LogP contribution >= 0.6 is 11.3 Å². The molecule has 2 fully saturated rings. The van der Waals surface area contributed by atoms with Crippen LogP contribution in [0.1, 0.15) is 51.4 Å². The minimum Gasteiger partial charge on any atom is -0.353 e. The predicted octanol–water partition coefficient (Wildman–Crippen LogP) is 3.38. The molecule has 2 aliphatic rings. The third kappa shape index (κ3) is 4.09. The number of nitrogens with one attached hydrogen (secondary N) is 1. The van der Waals surface area contributed by atoms with Gasteiger partial charge < -0.3 is 10.2 Å². The zero-order valence-electron chi connectivity index (χ0n) is 15.1. The Morgan fingerprint density at radius 3 is 2.31 bits per heavy atom. The van der Waals surface area contributed by atoms with Crippen LogP contribution in [0.25, 0.3) is 5.13 Å². The number of aromatic nitrogens is 3. The van der Waals surface area contributed by atoms with E-state index in [9.17, 15) is 4.79 Å². The first-order valence-electron chi connectivity index (χ1n) is 9.82. The molecule has 1 N–H and O–H groups in total. The van der Waals surface area contributed by atoms with Gasteiger partial charge in [0, 0.05) is 37.4 Å². The number of anilines is 1. The van der Waals surface area contributed by atoms with Crippen LogP contribution < -0.4 is 10.2 Å². The lowest BCUT2D eigenvalue weighted by molar-refractivity contribution is -0.126. The first kappa shape index (κ1) is 17.5. The Balaban J connectivity index is 1.29. The maximum atomic E-state index is 12.6. The Morgan fingerprint density at radius 1 is 0.962 bits per heavy atom. The summed E-state index contributed by atoms with van der Waals surface area (Å²) in [5.74, 6) is 0.410. The maximum Gasteiger partial charge on any atom is 0.223 e. The van der Waals surface area contributed by atoms with Crippen LogP contribution in [0.15, 0.2) is 24.5 Å². The molecule has 1 saturated carbocycles. The minimum absolute atomic E-state index is 0.145. The Labute approximate surface area is 158 Å². The van der Waals surface area contributed by atoms with Crippen molar-refractivity contribution in [3.8, 4) is 5.13 Å². The van der Waals surface area contributed by atoms with E-state index in [1.165, 1.54) is 25.7 Å². The van der Waals surface area contributed by atoms with E-state index in [0.29, 0.717) is 6.04 Å². The zero-order chi connectivity index (χ0) is 17.8. The molecular formula is C19H27N5OS. The molecule has 6 nitrogen and oxygen atoms in total. The fraction of sp³-hybridized carbons (Fsp3) is 0.632. The summed E-state index contributed by atoms with van der Waals surface area (Å²) in [4.78, 5) is 14.9. The van der Waals surface area contributed by atoms with Crippen LogP contribution in [0.2, 0.25) is 0 Å². The van der Waals surface area contributed by atoms with E-state index in [0.717, 1.165) is 49.0 Å². The molecule has 0 radical (unpaired) electrons. The Morgan fingerprint density at radius 2 is 1.62 bits per heavy atom. The summed E-state index contributed by atoms with van der Waals surface area (Å²) in [6.07, 6.45) is 13.2. The molecule has 0 spiro atoms. The van der Waals surface area contributed by atoms with E-state index >= 15 is 0 Å². The van der Waals surface area contributed by atoms with Gasteiger partial charge in [-0.1, -0.05) is 37.0 Å². The second kappa shape index (κ2) is 8.20. The van der Waals surface area contributed by atoms with Crippen LogP contribution in [-0.2, 0) is 4.79 Å². The van der Waals surface area contributed by atoms with Crippen molar-refractivity contribution >= 4 is 22.4 Å². The van der Waals surface area contributed by atoms with Crippen LogP contribution in [0.4, 0.5) is 5.13 Å². The Kier molecular flexibility index (Phi) is 5.53. The molecule has 1 aliphatic carbocycles. The molecule has 140 valence electrons. The van der Waals surface area contributed by atoms with Crippen LogP contribution in [0, 0.1) is 5.92 Å². The smallest absolute Gasteiger partial charge is 0.223 e. The molecule has 1 amide bonds. The van der Waals surface area contributed by atoms with Gasteiger partial charge in [0.1, 0.15) is 0 Å². The molecule has 0 aromatic carbocycles. The van der Waals surface area contributed by atoms with E-state index in [1.807, 2.05) is 29.1 Å². The molecule has 0 unspecified atom stereocenters. The fourth-order valence-corrected chi connectivity index (χ4v) is 4.84. The van der Waals surface area contributed by atoms with Gasteiger partial charge in [-0.2, -0.15) is 0 Å². The summed E-state index contributed by atoms with van der Waals surface area (Å²) < 4.78 is 1.98. The largest absolute Gasteiger partial charge is 0.353 e. The SMILES string of the molecule is O=C(NC1CCCCCC1)C1CCN(c2nnc(-n3cccc3)s2)CC1. The normalized spacial score (nSPS) is 20.1. The van der Waals surface area contributed by atoms with Gasteiger partial charge >= 0.3 is 0 Å². The summed E-state index contributed by atoms with van der Waals surface area (Å²) in [6, 6.07) is 4.37. The number of nitrogens with zero attached hydrogens (tertiary/aromatic N) is 4. The van der Waals surface area contributed by atoms with Crippen molar-refractivity contribution in [1.82, 2.24) is 20.1 Å². The van der Waals surface area contributed by atoms with E-state index in [1.54, 1.807) is 11.3 Å². The lowest BCUT2D eigenvalue weighted by Crippen LogP contribution is -2.43. The average molecular weight is 374 g/mol. The number of piperidine rings is 1. The highest BCUT2D eigenvalue weighted by Gasteiger charge is 2.28. The van der Waals surface area contributed by atoms with Crippen LogP contribution in [0.5, 0.6) is 0 Å². The molecule has 4 rings (SSSR count). The van der Waals surface area contributed by atoms with Gasteiger partial charge in [-0.3, -0.25) is 9.36 Å². The summed E-state index contributed by atoms with van der Waals surface area (Å²) in [6.45, 7) is 1.76. The maximum absolute atomic E-state index is 12.6. The zero-order valence-corrected chi connectivity index (χ0v) is 16.0.